The Kier molecular flexibility index (Phi) is 4.75. The Balaban J connectivity index is 0.00000133. The molecule has 106 valence electrons. The molecular weight excluding hydrogens is 258 g/mol. The van der Waals surface area contributed by atoms with E-state index in [0.717, 1.165) is 17.7 Å². The van der Waals surface area contributed by atoms with Crippen LogP contribution in [0.25, 0.3) is 0 Å². The van der Waals surface area contributed by atoms with Crippen LogP contribution in [0, 0.1) is 5.92 Å². The normalized spacial score (nSPS) is 25.4. The summed E-state index contributed by atoms with van der Waals surface area (Å²) in [5, 5.41) is 0. The summed E-state index contributed by atoms with van der Waals surface area (Å²) in [6, 6.07) is 7.32. The molecule has 0 N–H and O–H groups in total. The minimum absolute atomic E-state index is 0. The molecule has 1 saturated heterocycles. The lowest BCUT2D eigenvalue weighted by Crippen LogP contribution is -2.38. The quantitative estimate of drug-likeness (QED) is 0.843. The molecular formula is C16H24ClNO. The number of likely N-dealkylation sites (tertiary alicyclic amines) is 1. The van der Waals surface area contributed by atoms with Gasteiger partial charge in [-0.25, -0.2) is 0 Å². The fraction of sp³-hybridized carbons (Fsp3) is 0.625. The van der Waals surface area contributed by atoms with E-state index in [1.54, 1.807) is 7.11 Å². The number of ether oxygens (including phenoxy) is 1. The Morgan fingerprint density at radius 1 is 1.32 bits per heavy atom. The highest BCUT2D eigenvalue weighted by atomic mass is 35.5. The van der Waals surface area contributed by atoms with Gasteiger partial charge in [0.25, 0.3) is 0 Å². The average Bonchev–Trinajstić information content (AvgIpc) is 2.79. The highest BCUT2D eigenvalue weighted by molar-refractivity contribution is 5.85. The average molecular weight is 282 g/mol. The van der Waals surface area contributed by atoms with Crippen LogP contribution in [-0.2, 0) is 12.8 Å². The Labute approximate surface area is 122 Å². The standard InChI is InChI=1S/C16H23NO.ClH/c1-3-8-17-9-7-13-10-14-12(11-15(13)17)5-4-6-16(14)18-2;/h4-6,13,15H,3,7-11H2,1-2H3;1H/t13-,15+;/m0./s1. The summed E-state index contributed by atoms with van der Waals surface area (Å²) >= 11 is 0. The van der Waals surface area contributed by atoms with Crippen LogP contribution in [0.15, 0.2) is 18.2 Å². The molecule has 1 aromatic carbocycles. The summed E-state index contributed by atoms with van der Waals surface area (Å²) < 4.78 is 5.52. The molecule has 0 saturated carbocycles. The van der Waals surface area contributed by atoms with Gasteiger partial charge < -0.3 is 4.74 Å². The van der Waals surface area contributed by atoms with Crippen molar-refractivity contribution in [1.29, 1.82) is 0 Å². The summed E-state index contributed by atoms with van der Waals surface area (Å²) in [5.41, 5.74) is 2.98. The van der Waals surface area contributed by atoms with Crippen molar-refractivity contribution in [3.63, 3.8) is 0 Å². The summed E-state index contributed by atoms with van der Waals surface area (Å²) in [6.45, 7) is 4.84. The molecule has 3 heteroatoms. The van der Waals surface area contributed by atoms with Crippen LogP contribution in [-0.4, -0.2) is 31.1 Å². The van der Waals surface area contributed by atoms with Crippen molar-refractivity contribution in [2.75, 3.05) is 20.2 Å². The van der Waals surface area contributed by atoms with Crippen LogP contribution >= 0.6 is 12.4 Å². The topological polar surface area (TPSA) is 12.5 Å². The van der Waals surface area contributed by atoms with Crippen molar-refractivity contribution in [3.05, 3.63) is 29.3 Å². The fourth-order valence-electron chi connectivity index (χ4n) is 3.80. The maximum Gasteiger partial charge on any atom is 0.122 e. The Hall–Kier alpha value is -0.730. The molecule has 1 aliphatic carbocycles. The molecule has 1 aromatic rings. The number of fused-ring (bicyclic) bond motifs is 2. The van der Waals surface area contributed by atoms with Crippen LogP contribution < -0.4 is 4.74 Å². The van der Waals surface area contributed by atoms with Crippen molar-refractivity contribution in [1.82, 2.24) is 4.90 Å². The van der Waals surface area contributed by atoms with Crippen molar-refractivity contribution < 1.29 is 4.74 Å². The highest BCUT2D eigenvalue weighted by Crippen LogP contribution is 2.39. The first-order chi connectivity index (χ1) is 8.83. The molecule has 1 fully saturated rings. The van der Waals surface area contributed by atoms with Crippen molar-refractivity contribution in [3.8, 4) is 5.75 Å². The third-order valence-corrected chi connectivity index (χ3v) is 4.66. The molecule has 1 heterocycles. The third kappa shape index (κ3) is 2.61. The smallest absolute Gasteiger partial charge is 0.122 e. The van der Waals surface area contributed by atoms with E-state index in [4.69, 9.17) is 4.74 Å². The van der Waals surface area contributed by atoms with Crippen LogP contribution in [0.2, 0.25) is 0 Å². The molecule has 0 unspecified atom stereocenters. The molecule has 2 atom stereocenters. The molecule has 1 aliphatic heterocycles. The van der Waals surface area contributed by atoms with Crippen molar-refractivity contribution in [2.45, 2.75) is 38.6 Å². The zero-order valence-corrected chi connectivity index (χ0v) is 12.7. The lowest BCUT2D eigenvalue weighted by Gasteiger charge is -2.33. The Bertz CT molecular complexity index is 435. The van der Waals surface area contributed by atoms with E-state index in [9.17, 15) is 0 Å². The molecule has 0 amide bonds. The first-order valence-electron chi connectivity index (χ1n) is 7.22. The van der Waals surface area contributed by atoms with Crippen LogP contribution in [0.3, 0.4) is 0 Å². The van der Waals surface area contributed by atoms with E-state index in [0.29, 0.717) is 0 Å². The van der Waals surface area contributed by atoms with E-state index in [-0.39, 0.29) is 12.4 Å². The molecule has 3 rings (SSSR count). The number of benzene rings is 1. The van der Waals surface area contributed by atoms with Gasteiger partial charge in [-0.05, 0) is 61.9 Å². The van der Waals surface area contributed by atoms with E-state index < -0.39 is 0 Å². The molecule has 0 spiro atoms. The lowest BCUT2D eigenvalue weighted by atomic mass is 9.80. The number of halogens is 1. The van der Waals surface area contributed by atoms with Crippen molar-refractivity contribution in [2.24, 2.45) is 5.92 Å². The Morgan fingerprint density at radius 3 is 2.89 bits per heavy atom. The van der Waals surface area contributed by atoms with E-state index in [1.807, 2.05) is 0 Å². The highest BCUT2D eigenvalue weighted by Gasteiger charge is 2.37. The number of methoxy groups -OCH3 is 1. The van der Waals surface area contributed by atoms with Gasteiger partial charge >= 0.3 is 0 Å². The maximum atomic E-state index is 5.52. The summed E-state index contributed by atoms with van der Waals surface area (Å²) in [4.78, 5) is 2.70. The first-order valence-corrected chi connectivity index (χ1v) is 7.22. The first kappa shape index (κ1) is 14.7. The third-order valence-electron chi connectivity index (χ3n) is 4.66. The van der Waals surface area contributed by atoms with Gasteiger partial charge in [0.2, 0.25) is 0 Å². The minimum atomic E-state index is 0. The second kappa shape index (κ2) is 6.15. The summed E-state index contributed by atoms with van der Waals surface area (Å²) in [6.07, 6.45) is 5.07. The number of rotatable bonds is 3. The summed E-state index contributed by atoms with van der Waals surface area (Å²) in [7, 11) is 1.79. The molecule has 2 aliphatic rings. The van der Waals surface area contributed by atoms with Gasteiger partial charge in [-0.15, -0.1) is 12.4 Å². The van der Waals surface area contributed by atoms with E-state index in [1.165, 1.54) is 49.9 Å². The van der Waals surface area contributed by atoms with Gasteiger partial charge in [-0.2, -0.15) is 0 Å². The second-order valence-electron chi connectivity index (χ2n) is 5.66. The van der Waals surface area contributed by atoms with Gasteiger partial charge in [-0.1, -0.05) is 19.1 Å². The molecule has 0 bridgehead atoms. The van der Waals surface area contributed by atoms with Crippen LogP contribution in [0.1, 0.15) is 30.9 Å². The van der Waals surface area contributed by atoms with Gasteiger partial charge in [-0.3, -0.25) is 4.90 Å². The van der Waals surface area contributed by atoms with Gasteiger partial charge in [0.1, 0.15) is 5.75 Å². The SMILES string of the molecule is CCCN1CC[C@H]2Cc3c(cccc3OC)C[C@H]21.Cl. The molecule has 2 nitrogen and oxygen atoms in total. The predicted octanol–water partition coefficient (Wildman–Crippen LogP) is 3.32. The minimum Gasteiger partial charge on any atom is -0.496 e. The number of hydrogen-bond acceptors (Lipinski definition) is 2. The van der Waals surface area contributed by atoms with Gasteiger partial charge in [0, 0.05) is 6.04 Å². The fourth-order valence-corrected chi connectivity index (χ4v) is 3.80. The zero-order chi connectivity index (χ0) is 12.5. The van der Waals surface area contributed by atoms with Crippen molar-refractivity contribution >= 4 is 12.4 Å². The van der Waals surface area contributed by atoms with Crippen LogP contribution in [0.4, 0.5) is 0 Å². The largest absolute Gasteiger partial charge is 0.496 e. The van der Waals surface area contributed by atoms with E-state index in [2.05, 4.69) is 30.0 Å². The summed E-state index contributed by atoms with van der Waals surface area (Å²) in [5.74, 6) is 1.94. The number of nitrogens with zero attached hydrogens (tertiary/aromatic N) is 1. The lowest BCUT2D eigenvalue weighted by molar-refractivity contribution is 0.215. The predicted molar refractivity (Wildman–Crippen MR) is 81.4 cm³/mol. The molecule has 19 heavy (non-hydrogen) atoms. The second-order valence-corrected chi connectivity index (χ2v) is 5.66. The molecule has 0 radical (unpaired) electrons. The molecule has 0 aromatic heterocycles. The zero-order valence-electron chi connectivity index (χ0n) is 11.9. The maximum absolute atomic E-state index is 5.52. The van der Waals surface area contributed by atoms with Gasteiger partial charge in [0.15, 0.2) is 0 Å². The van der Waals surface area contributed by atoms with E-state index >= 15 is 0 Å². The number of hydrogen-bond donors (Lipinski definition) is 0. The van der Waals surface area contributed by atoms with Gasteiger partial charge in [0.05, 0.1) is 7.11 Å². The monoisotopic (exact) mass is 281 g/mol. The Morgan fingerprint density at radius 2 is 2.16 bits per heavy atom. The van der Waals surface area contributed by atoms with Crippen LogP contribution in [0.5, 0.6) is 5.75 Å².